The van der Waals surface area contributed by atoms with Crippen LogP contribution in [0.2, 0.25) is 0 Å². The Kier molecular flexibility index (Phi) is 5.25. The van der Waals surface area contributed by atoms with Gasteiger partial charge < -0.3 is 0 Å². The molecule has 0 N–H and O–H groups in total. The van der Waals surface area contributed by atoms with Crippen LogP contribution in [0, 0.1) is 0 Å². The number of allylic oxidation sites excluding steroid dienone is 2. The molecule has 4 heteroatoms. The molecular weight excluding hydrogens is 188 g/mol. The third-order valence-electron chi connectivity index (χ3n) is 1.46. The van der Waals surface area contributed by atoms with Crippen molar-refractivity contribution in [2.24, 2.45) is 0 Å². The minimum absolute atomic E-state index is 0.231. The lowest BCUT2D eigenvalue weighted by molar-refractivity contribution is 0.222. The van der Waals surface area contributed by atoms with E-state index >= 15 is 0 Å². The monoisotopic (exact) mass is 206 g/mol. The summed E-state index contributed by atoms with van der Waals surface area (Å²) in [5.74, 6) is 0. The summed E-state index contributed by atoms with van der Waals surface area (Å²) in [6.07, 6.45) is 4.51. The van der Waals surface area contributed by atoms with Crippen molar-refractivity contribution in [2.75, 3.05) is 6.26 Å². The summed E-state index contributed by atoms with van der Waals surface area (Å²) >= 11 is 0. The zero-order valence-corrected chi connectivity index (χ0v) is 9.52. The van der Waals surface area contributed by atoms with Crippen LogP contribution in [0.1, 0.15) is 33.6 Å². The van der Waals surface area contributed by atoms with Gasteiger partial charge in [-0.1, -0.05) is 11.6 Å². The molecule has 1 atom stereocenters. The fourth-order valence-electron chi connectivity index (χ4n) is 0.953. The highest BCUT2D eigenvalue weighted by molar-refractivity contribution is 7.86. The maximum Gasteiger partial charge on any atom is 0.264 e. The first kappa shape index (κ1) is 12.7. The molecule has 0 saturated carbocycles. The second-order valence-corrected chi connectivity index (χ2v) is 5.07. The van der Waals surface area contributed by atoms with Crippen LogP contribution < -0.4 is 0 Å². The average molecular weight is 206 g/mol. The molecule has 0 spiro atoms. The summed E-state index contributed by atoms with van der Waals surface area (Å²) in [5.41, 5.74) is 1.24. The molecule has 13 heavy (non-hydrogen) atoms. The Morgan fingerprint density at radius 2 is 2.00 bits per heavy atom. The third kappa shape index (κ3) is 9.56. The van der Waals surface area contributed by atoms with Gasteiger partial charge in [-0.3, -0.25) is 4.18 Å². The zero-order chi connectivity index (χ0) is 10.5. The van der Waals surface area contributed by atoms with Gasteiger partial charge in [0.1, 0.15) is 0 Å². The van der Waals surface area contributed by atoms with Gasteiger partial charge in [0.25, 0.3) is 10.1 Å². The molecule has 0 aliphatic heterocycles. The van der Waals surface area contributed by atoms with Gasteiger partial charge in [0, 0.05) is 0 Å². The van der Waals surface area contributed by atoms with Gasteiger partial charge in [-0.05, 0) is 33.6 Å². The Labute approximate surface area is 80.9 Å². The first-order valence-corrected chi connectivity index (χ1v) is 6.14. The standard InChI is InChI=1S/C9H18O3S/c1-8(2)6-5-7-9(3)12-13(4,10)11/h6,9H,5,7H2,1-4H3. The second kappa shape index (κ2) is 5.40. The minimum atomic E-state index is -3.29. The van der Waals surface area contributed by atoms with Crippen LogP contribution in [0.3, 0.4) is 0 Å². The van der Waals surface area contributed by atoms with Crippen molar-refractivity contribution in [3.05, 3.63) is 11.6 Å². The molecule has 0 aromatic rings. The molecule has 0 rings (SSSR count). The van der Waals surface area contributed by atoms with E-state index < -0.39 is 10.1 Å². The van der Waals surface area contributed by atoms with Crippen molar-refractivity contribution in [3.8, 4) is 0 Å². The summed E-state index contributed by atoms with van der Waals surface area (Å²) in [4.78, 5) is 0. The first-order chi connectivity index (χ1) is 5.81. The molecule has 0 aliphatic rings. The Bertz CT molecular complexity index is 261. The smallest absolute Gasteiger partial charge is 0.264 e. The molecule has 0 aromatic heterocycles. The van der Waals surface area contributed by atoms with Gasteiger partial charge in [-0.25, -0.2) is 0 Å². The van der Waals surface area contributed by atoms with Gasteiger partial charge >= 0.3 is 0 Å². The molecule has 0 heterocycles. The van der Waals surface area contributed by atoms with E-state index in [9.17, 15) is 8.42 Å². The third-order valence-corrected chi connectivity index (χ3v) is 2.14. The normalized spacial score (nSPS) is 13.8. The minimum Gasteiger partial charge on any atom is -0.267 e. The Morgan fingerprint density at radius 1 is 1.46 bits per heavy atom. The molecule has 0 radical (unpaired) electrons. The molecule has 78 valence electrons. The first-order valence-electron chi connectivity index (χ1n) is 4.33. The molecule has 3 nitrogen and oxygen atoms in total. The molecular formula is C9H18O3S. The maximum atomic E-state index is 10.7. The summed E-state index contributed by atoms with van der Waals surface area (Å²) in [5, 5.41) is 0. The van der Waals surface area contributed by atoms with Crippen LogP contribution in [0.4, 0.5) is 0 Å². The number of hydrogen-bond acceptors (Lipinski definition) is 3. The van der Waals surface area contributed by atoms with Crippen LogP contribution in [0.5, 0.6) is 0 Å². The predicted octanol–water partition coefficient (Wildman–Crippen LogP) is 2.10. The molecule has 0 fully saturated rings. The topological polar surface area (TPSA) is 43.4 Å². The summed E-state index contributed by atoms with van der Waals surface area (Å²) in [6.45, 7) is 5.80. The highest BCUT2D eigenvalue weighted by atomic mass is 32.2. The van der Waals surface area contributed by atoms with Gasteiger partial charge in [0.15, 0.2) is 0 Å². The Morgan fingerprint density at radius 3 is 2.38 bits per heavy atom. The van der Waals surface area contributed by atoms with E-state index in [0.717, 1.165) is 19.1 Å². The van der Waals surface area contributed by atoms with E-state index in [4.69, 9.17) is 4.18 Å². The number of hydrogen-bond donors (Lipinski definition) is 0. The maximum absolute atomic E-state index is 10.7. The van der Waals surface area contributed by atoms with Gasteiger partial charge in [0.2, 0.25) is 0 Å². The SMILES string of the molecule is CC(C)=CCCC(C)OS(C)(=O)=O. The highest BCUT2D eigenvalue weighted by Gasteiger charge is 2.08. The van der Waals surface area contributed by atoms with Crippen molar-refractivity contribution in [3.63, 3.8) is 0 Å². The van der Waals surface area contributed by atoms with Crippen LogP contribution in [-0.4, -0.2) is 20.8 Å². The van der Waals surface area contributed by atoms with Gasteiger partial charge in [-0.2, -0.15) is 8.42 Å². The second-order valence-electron chi connectivity index (χ2n) is 3.47. The van der Waals surface area contributed by atoms with Crippen molar-refractivity contribution in [2.45, 2.75) is 39.7 Å². The van der Waals surface area contributed by atoms with E-state index in [0.29, 0.717) is 0 Å². The predicted molar refractivity (Wildman–Crippen MR) is 54.1 cm³/mol. The quantitative estimate of drug-likeness (QED) is 0.511. The number of rotatable bonds is 5. The Hall–Kier alpha value is -0.350. The van der Waals surface area contributed by atoms with E-state index in [-0.39, 0.29) is 6.10 Å². The van der Waals surface area contributed by atoms with Crippen molar-refractivity contribution >= 4 is 10.1 Å². The molecule has 1 unspecified atom stereocenters. The lowest BCUT2D eigenvalue weighted by Crippen LogP contribution is -2.13. The van der Waals surface area contributed by atoms with Crippen LogP contribution in [-0.2, 0) is 14.3 Å². The zero-order valence-electron chi connectivity index (χ0n) is 8.70. The molecule has 0 aromatic carbocycles. The van der Waals surface area contributed by atoms with Crippen molar-refractivity contribution < 1.29 is 12.6 Å². The lowest BCUT2D eigenvalue weighted by Gasteiger charge is -2.08. The summed E-state index contributed by atoms with van der Waals surface area (Å²) < 4.78 is 26.2. The molecule has 0 bridgehead atoms. The van der Waals surface area contributed by atoms with Crippen molar-refractivity contribution in [1.29, 1.82) is 0 Å². The van der Waals surface area contributed by atoms with Gasteiger partial charge in [0.05, 0.1) is 12.4 Å². The largest absolute Gasteiger partial charge is 0.267 e. The Balaban J connectivity index is 3.77. The molecule has 0 amide bonds. The molecule has 0 aliphatic carbocycles. The summed E-state index contributed by atoms with van der Waals surface area (Å²) in [7, 11) is -3.29. The van der Waals surface area contributed by atoms with Crippen molar-refractivity contribution in [1.82, 2.24) is 0 Å². The average Bonchev–Trinajstić information content (AvgIpc) is 1.81. The van der Waals surface area contributed by atoms with E-state index in [2.05, 4.69) is 6.08 Å². The van der Waals surface area contributed by atoms with Crippen LogP contribution >= 0.6 is 0 Å². The lowest BCUT2D eigenvalue weighted by atomic mass is 10.2. The fourth-order valence-corrected chi connectivity index (χ4v) is 1.65. The molecule has 0 saturated heterocycles. The van der Waals surface area contributed by atoms with Gasteiger partial charge in [-0.15, -0.1) is 0 Å². The van der Waals surface area contributed by atoms with Crippen LogP contribution in [0.15, 0.2) is 11.6 Å². The highest BCUT2D eigenvalue weighted by Crippen LogP contribution is 2.06. The van der Waals surface area contributed by atoms with E-state index in [1.54, 1.807) is 6.92 Å². The fraction of sp³-hybridized carbons (Fsp3) is 0.778. The summed E-state index contributed by atoms with van der Waals surface area (Å²) in [6, 6.07) is 0. The van der Waals surface area contributed by atoms with Crippen LogP contribution in [0.25, 0.3) is 0 Å². The van der Waals surface area contributed by atoms with E-state index in [1.807, 2.05) is 13.8 Å². The van der Waals surface area contributed by atoms with E-state index in [1.165, 1.54) is 5.57 Å².